The second-order valence-electron chi connectivity index (χ2n) is 4.73. The van der Waals surface area contributed by atoms with Gasteiger partial charge in [0.25, 0.3) is 5.91 Å². The molecule has 0 aliphatic carbocycles. The number of thioether (sulfide) groups is 1. The Morgan fingerprint density at radius 1 is 1.22 bits per heavy atom. The molecule has 0 spiro atoms. The maximum atomic E-state index is 12.6. The van der Waals surface area contributed by atoms with Gasteiger partial charge in [-0.15, -0.1) is 0 Å². The van der Waals surface area contributed by atoms with Crippen LogP contribution in [0.4, 0.5) is 19.0 Å². The molecule has 0 radical (unpaired) electrons. The van der Waals surface area contributed by atoms with Crippen LogP contribution in [-0.4, -0.2) is 39.7 Å². The van der Waals surface area contributed by atoms with E-state index in [4.69, 9.17) is 27.9 Å². The summed E-state index contributed by atoms with van der Waals surface area (Å²) in [7, 11) is 0. The van der Waals surface area contributed by atoms with Gasteiger partial charge in [-0.05, 0) is 12.3 Å². The van der Waals surface area contributed by atoms with Gasteiger partial charge in [-0.2, -0.15) is 13.2 Å². The van der Waals surface area contributed by atoms with Gasteiger partial charge in [0.2, 0.25) is 0 Å². The van der Waals surface area contributed by atoms with Crippen molar-refractivity contribution in [3.8, 4) is 0 Å². The third-order valence-electron chi connectivity index (χ3n) is 2.86. The maximum absolute atomic E-state index is 12.6. The summed E-state index contributed by atoms with van der Waals surface area (Å²) in [6.07, 6.45) is -1.21. The topological polar surface area (TPSA) is 94.1 Å². The molecule has 0 fully saturated rings. The van der Waals surface area contributed by atoms with E-state index >= 15 is 0 Å². The number of pyridine rings is 1. The minimum absolute atomic E-state index is 0.0642. The third-order valence-corrected chi connectivity index (χ3v) is 3.99. The monoisotopic (exact) mass is 440 g/mol. The number of hydrogen-bond donors (Lipinski definition) is 1. The van der Waals surface area contributed by atoms with Gasteiger partial charge in [-0.25, -0.2) is 19.7 Å². The van der Waals surface area contributed by atoms with Crippen LogP contribution in [0.15, 0.2) is 23.6 Å². The Labute approximate surface area is 164 Å². The number of hydrogen-bond acceptors (Lipinski definition) is 7. The van der Waals surface area contributed by atoms with Crippen LogP contribution in [0.5, 0.6) is 0 Å². The number of aromatic nitrogens is 3. The molecule has 0 aliphatic rings. The number of esters is 1. The highest BCUT2D eigenvalue weighted by Gasteiger charge is 2.31. The molecule has 2 aromatic heterocycles. The van der Waals surface area contributed by atoms with Crippen LogP contribution >= 0.6 is 35.0 Å². The molecule has 0 unspecified atom stereocenters. The molecule has 0 saturated carbocycles. The average molecular weight is 441 g/mol. The van der Waals surface area contributed by atoms with Crippen molar-refractivity contribution in [3.63, 3.8) is 0 Å². The molecule has 1 amide bonds. The molecule has 1 N–H and O–H groups in total. The van der Waals surface area contributed by atoms with E-state index in [9.17, 15) is 22.8 Å². The molecule has 13 heteroatoms. The summed E-state index contributed by atoms with van der Waals surface area (Å²) in [6.45, 7) is -0.757. The molecule has 2 aromatic rings. The van der Waals surface area contributed by atoms with Crippen molar-refractivity contribution in [1.82, 2.24) is 15.0 Å². The quantitative estimate of drug-likeness (QED) is 0.430. The number of halogens is 5. The number of nitrogens with zero attached hydrogens (tertiary/aromatic N) is 3. The highest BCUT2D eigenvalue weighted by Crippen LogP contribution is 2.32. The van der Waals surface area contributed by atoms with E-state index in [0.717, 1.165) is 0 Å². The maximum Gasteiger partial charge on any atom is 0.417 e. The lowest BCUT2D eigenvalue weighted by molar-refractivity contribution is -0.137. The van der Waals surface area contributed by atoms with E-state index in [1.54, 1.807) is 6.26 Å². The first-order valence-electron chi connectivity index (χ1n) is 6.88. The summed E-state index contributed by atoms with van der Waals surface area (Å²) in [5.41, 5.74) is -1.30. The third kappa shape index (κ3) is 5.68. The van der Waals surface area contributed by atoms with Gasteiger partial charge in [-0.3, -0.25) is 4.79 Å². The zero-order valence-electron chi connectivity index (χ0n) is 13.3. The SMILES string of the molecule is CSc1ncc(Cl)c(C(=O)OCC(=O)Nc2ncc(C(F)(F)F)cc2Cl)n1. The molecular weight excluding hydrogens is 432 g/mol. The Bertz CT molecular complexity index is 883. The normalized spacial score (nSPS) is 11.2. The standard InChI is InChI=1S/C14H9Cl2F3N4O3S/c1-27-13-21-4-8(16)10(23-13)12(25)26-5-9(24)22-11-7(15)2-6(3-20-11)14(17,18)19/h2-4H,5H2,1H3,(H,20,22,24). The summed E-state index contributed by atoms with van der Waals surface area (Å²) >= 11 is 12.6. The molecule has 2 heterocycles. The van der Waals surface area contributed by atoms with Gasteiger partial charge in [-0.1, -0.05) is 35.0 Å². The van der Waals surface area contributed by atoms with E-state index in [1.807, 2.05) is 0 Å². The van der Waals surface area contributed by atoms with Crippen molar-refractivity contribution in [1.29, 1.82) is 0 Å². The van der Waals surface area contributed by atoms with E-state index in [0.29, 0.717) is 12.3 Å². The summed E-state index contributed by atoms with van der Waals surface area (Å²) < 4.78 is 42.4. The Balaban J connectivity index is 1.99. The minimum atomic E-state index is -4.62. The first-order chi connectivity index (χ1) is 12.6. The van der Waals surface area contributed by atoms with Gasteiger partial charge in [0.05, 0.1) is 21.8 Å². The van der Waals surface area contributed by atoms with Crippen molar-refractivity contribution in [2.45, 2.75) is 11.3 Å². The zero-order chi connectivity index (χ0) is 20.2. The van der Waals surface area contributed by atoms with Crippen LogP contribution in [-0.2, 0) is 15.7 Å². The van der Waals surface area contributed by atoms with E-state index in [1.165, 1.54) is 18.0 Å². The van der Waals surface area contributed by atoms with E-state index < -0.39 is 35.2 Å². The van der Waals surface area contributed by atoms with Gasteiger partial charge in [0.1, 0.15) is 0 Å². The Morgan fingerprint density at radius 3 is 2.52 bits per heavy atom. The lowest BCUT2D eigenvalue weighted by Crippen LogP contribution is -2.22. The number of rotatable bonds is 5. The number of nitrogens with one attached hydrogen (secondary N) is 1. The highest BCUT2D eigenvalue weighted by atomic mass is 35.5. The van der Waals surface area contributed by atoms with Crippen molar-refractivity contribution < 1.29 is 27.5 Å². The van der Waals surface area contributed by atoms with Crippen LogP contribution in [0.1, 0.15) is 16.1 Å². The zero-order valence-corrected chi connectivity index (χ0v) is 15.6. The summed E-state index contributed by atoms with van der Waals surface area (Å²) in [5.74, 6) is -2.15. The second kappa shape index (κ2) is 8.72. The van der Waals surface area contributed by atoms with Crippen LogP contribution in [0.3, 0.4) is 0 Å². The van der Waals surface area contributed by atoms with Gasteiger partial charge < -0.3 is 10.1 Å². The van der Waals surface area contributed by atoms with Crippen LogP contribution in [0.2, 0.25) is 10.0 Å². The molecule has 0 atom stereocenters. The lowest BCUT2D eigenvalue weighted by atomic mass is 10.3. The number of alkyl halides is 3. The summed E-state index contributed by atoms with van der Waals surface area (Å²) in [6, 6.07) is 0.612. The van der Waals surface area contributed by atoms with Crippen molar-refractivity contribution in [3.05, 3.63) is 39.8 Å². The highest BCUT2D eigenvalue weighted by molar-refractivity contribution is 7.98. The van der Waals surface area contributed by atoms with Gasteiger partial charge >= 0.3 is 12.1 Å². The molecule has 27 heavy (non-hydrogen) atoms. The Kier molecular flexibility index (Phi) is 6.84. The summed E-state index contributed by atoms with van der Waals surface area (Å²) in [4.78, 5) is 34.9. The van der Waals surface area contributed by atoms with Crippen LogP contribution in [0, 0.1) is 0 Å². The van der Waals surface area contributed by atoms with Crippen molar-refractivity contribution in [2.75, 3.05) is 18.2 Å². The number of ether oxygens (including phenoxy) is 1. The molecular formula is C14H9Cl2F3N4O3S. The minimum Gasteiger partial charge on any atom is -0.451 e. The van der Waals surface area contributed by atoms with Crippen molar-refractivity contribution >= 4 is 52.7 Å². The first kappa shape index (κ1) is 21.2. The molecule has 0 aliphatic heterocycles. The predicted octanol–water partition coefficient (Wildman–Crippen LogP) is 3.71. The van der Waals surface area contributed by atoms with E-state index in [2.05, 4.69) is 20.3 Å². The van der Waals surface area contributed by atoms with Crippen LogP contribution in [0.25, 0.3) is 0 Å². The number of anilines is 1. The number of carbonyl (C=O) groups is 2. The molecule has 144 valence electrons. The van der Waals surface area contributed by atoms with E-state index in [-0.39, 0.29) is 21.7 Å². The molecule has 2 rings (SSSR count). The summed E-state index contributed by atoms with van der Waals surface area (Å²) in [5, 5.41) is 1.92. The molecule has 0 saturated heterocycles. The first-order valence-corrected chi connectivity index (χ1v) is 8.86. The van der Waals surface area contributed by atoms with Crippen LogP contribution < -0.4 is 5.32 Å². The molecule has 0 bridgehead atoms. The average Bonchev–Trinajstić information content (AvgIpc) is 2.61. The fraction of sp³-hybridized carbons (Fsp3) is 0.214. The van der Waals surface area contributed by atoms with Gasteiger partial charge in [0, 0.05) is 6.20 Å². The Hall–Kier alpha value is -2.11. The lowest BCUT2D eigenvalue weighted by Gasteiger charge is -2.10. The number of amides is 1. The fourth-order valence-corrected chi connectivity index (χ4v) is 2.37. The fourth-order valence-electron chi connectivity index (χ4n) is 1.64. The molecule has 7 nitrogen and oxygen atoms in total. The van der Waals surface area contributed by atoms with Gasteiger partial charge in [0.15, 0.2) is 23.3 Å². The number of carbonyl (C=O) groups excluding carboxylic acids is 2. The van der Waals surface area contributed by atoms with Crippen molar-refractivity contribution in [2.24, 2.45) is 0 Å². The molecule has 0 aromatic carbocycles. The smallest absolute Gasteiger partial charge is 0.417 e. The largest absolute Gasteiger partial charge is 0.451 e. The Morgan fingerprint density at radius 2 is 1.93 bits per heavy atom. The second-order valence-corrected chi connectivity index (χ2v) is 6.32. The predicted molar refractivity (Wildman–Crippen MR) is 92.0 cm³/mol.